The van der Waals surface area contributed by atoms with Gasteiger partial charge in [0.15, 0.2) is 0 Å². The van der Waals surface area contributed by atoms with E-state index in [9.17, 15) is 19.2 Å². The molecule has 0 unspecified atom stereocenters. The smallest absolute Gasteiger partial charge is 0.328 e. The fraction of sp³-hybridized carbons (Fsp3) is 0.600. The van der Waals surface area contributed by atoms with Crippen LogP contribution >= 0.6 is 12.6 Å². The maximum absolute atomic E-state index is 11.8. The van der Waals surface area contributed by atoms with Gasteiger partial charge in [-0.3, -0.25) is 14.4 Å². The quantitative estimate of drug-likeness (QED) is 0.212. The van der Waals surface area contributed by atoms with Crippen molar-refractivity contribution in [3.05, 3.63) is 0 Å². The molecule has 0 aliphatic rings. The predicted octanol–water partition coefficient (Wildman–Crippen LogP) is -3.83. The fourth-order valence-corrected chi connectivity index (χ4v) is 1.40. The molecule has 3 amide bonds. The van der Waals surface area contributed by atoms with E-state index >= 15 is 0 Å². The van der Waals surface area contributed by atoms with Crippen molar-refractivity contribution in [2.24, 2.45) is 11.5 Å². The van der Waals surface area contributed by atoms with Crippen molar-refractivity contribution in [3.8, 4) is 0 Å². The first-order valence-corrected chi connectivity index (χ1v) is 6.45. The SMILES string of the molecule is NC(=O)C[C@H](NC(=O)[C@@H](N)CS)C(=O)N[C@@H](CO)C(=O)O. The highest BCUT2D eigenvalue weighted by Gasteiger charge is 2.28. The first-order valence-electron chi connectivity index (χ1n) is 5.82. The Morgan fingerprint density at radius 2 is 1.62 bits per heavy atom. The summed E-state index contributed by atoms with van der Waals surface area (Å²) in [5, 5.41) is 21.7. The van der Waals surface area contributed by atoms with Crippen molar-refractivity contribution in [1.29, 1.82) is 0 Å². The first kappa shape index (κ1) is 19.1. The number of aliphatic carboxylic acids is 1. The molecule has 0 aliphatic heterocycles. The van der Waals surface area contributed by atoms with Gasteiger partial charge in [-0.05, 0) is 0 Å². The van der Waals surface area contributed by atoms with Gasteiger partial charge in [0, 0.05) is 5.75 Å². The molecule has 0 aromatic heterocycles. The standard InChI is InChI=1S/C10H18N4O6S/c11-4(3-21)8(17)13-5(1-7(12)16)9(18)14-6(2-15)10(19)20/h4-6,15,21H,1-3,11H2,(H2,12,16)(H,13,17)(H,14,18)(H,19,20)/t4-,5-,6-/m0/s1. The van der Waals surface area contributed by atoms with E-state index in [2.05, 4.69) is 17.9 Å². The molecular weight excluding hydrogens is 304 g/mol. The van der Waals surface area contributed by atoms with Crippen molar-refractivity contribution in [2.75, 3.05) is 12.4 Å². The van der Waals surface area contributed by atoms with Gasteiger partial charge in [-0.2, -0.15) is 12.6 Å². The molecule has 0 aliphatic carbocycles. The van der Waals surface area contributed by atoms with Crippen molar-refractivity contribution < 1.29 is 29.4 Å². The molecule has 0 heterocycles. The van der Waals surface area contributed by atoms with Crippen LogP contribution in [0.3, 0.4) is 0 Å². The summed E-state index contributed by atoms with van der Waals surface area (Å²) in [6.07, 6.45) is -0.547. The number of aliphatic hydroxyl groups is 1. The van der Waals surface area contributed by atoms with Crippen LogP contribution in [0.15, 0.2) is 0 Å². The molecule has 0 aromatic rings. The molecule has 0 spiro atoms. The Bertz CT molecular complexity index is 418. The first-order chi connectivity index (χ1) is 9.72. The Labute approximate surface area is 125 Å². The molecule has 0 aromatic carbocycles. The molecule has 120 valence electrons. The molecule has 0 saturated carbocycles. The Morgan fingerprint density at radius 1 is 1.10 bits per heavy atom. The highest BCUT2D eigenvalue weighted by molar-refractivity contribution is 7.80. The van der Waals surface area contributed by atoms with Gasteiger partial charge in [0.1, 0.15) is 12.1 Å². The van der Waals surface area contributed by atoms with E-state index in [1.54, 1.807) is 0 Å². The van der Waals surface area contributed by atoms with Crippen LogP contribution in [0.25, 0.3) is 0 Å². The second-order valence-electron chi connectivity index (χ2n) is 4.10. The monoisotopic (exact) mass is 322 g/mol. The van der Waals surface area contributed by atoms with Gasteiger partial charge in [0.2, 0.25) is 17.7 Å². The molecule has 8 N–H and O–H groups in total. The number of aliphatic hydroxyl groups excluding tert-OH is 1. The van der Waals surface area contributed by atoms with Crippen LogP contribution in [0.1, 0.15) is 6.42 Å². The molecule has 3 atom stereocenters. The second kappa shape index (κ2) is 9.15. The number of carboxylic acids is 1. The Balaban J connectivity index is 4.88. The topological polar surface area (TPSA) is 185 Å². The minimum atomic E-state index is -1.57. The van der Waals surface area contributed by atoms with Crippen molar-refractivity contribution in [3.63, 3.8) is 0 Å². The number of hydrogen-bond acceptors (Lipinski definition) is 7. The van der Waals surface area contributed by atoms with E-state index in [4.69, 9.17) is 21.7 Å². The molecule has 0 bridgehead atoms. The van der Waals surface area contributed by atoms with Crippen LogP contribution in [-0.4, -0.2) is 64.4 Å². The lowest BCUT2D eigenvalue weighted by atomic mass is 10.1. The molecule has 0 radical (unpaired) electrons. The van der Waals surface area contributed by atoms with Crippen LogP contribution in [-0.2, 0) is 19.2 Å². The number of carboxylic acid groups (broad SMARTS) is 1. The number of primary amides is 1. The van der Waals surface area contributed by atoms with E-state index in [1.807, 2.05) is 5.32 Å². The Hall–Kier alpha value is -1.85. The van der Waals surface area contributed by atoms with E-state index in [-0.39, 0.29) is 5.75 Å². The molecule has 21 heavy (non-hydrogen) atoms. The Kier molecular flexibility index (Phi) is 8.35. The third-order valence-electron chi connectivity index (χ3n) is 2.37. The number of carbonyl (C=O) groups excluding carboxylic acids is 3. The van der Waals surface area contributed by atoms with Crippen molar-refractivity contribution in [1.82, 2.24) is 10.6 Å². The molecule has 11 heteroatoms. The molecule has 0 fully saturated rings. The lowest BCUT2D eigenvalue weighted by Gasteiger charge is -2.20. The zero-order valence-electron chi connectivity index (χ0n) is 11.0. The molecule has 10 nitrogen and oxygen atoms in total. The maximum atomic E-state index is 11.8. The number of hydrogen-bond donors (Lipinski definition) is 7. The largest absolute Gasteiger partial charge is 0.480 e. The highest BCUT2D eigenvalue weighted by atomic mass is 32.1. The van der Waals surface area contributed by atoms with E-state index in [0.717, 1.165) is 0 Å². The molecule has 0 saturated heterocycles. The maximum Gasteiger partial charge on any atom is 0.328 e. The third-order valence-corrected chi connectivity index (χ3v) is 2.76. The van der Waals surface area contributed by atoms with Gasteiger partial charge >= 0.3 is 5.97 Å². The van der Waals surface area contributed by atoms with Crippen LogP contribution in [0, 0.1) is 0 Å². The number of nitrogens with one attached hydrogen (secondary N) is 2. The van der Waals surface area contributed by atoms with Gasteiger partial charge in [-0.1, -0.05) is 0 Å². The van der Waals surface area contributed by atoms with Gasteiger partial charge in [-0.15, -0.1) is 0 Å². The number of rotatable bonds is 9. The van der Waals surface area contributed by atoms with Gasteiger partial charge in [0.05, 0.1) is 19.1 Å². The van der Waals surface area contributed by atoms with Crippen molar-refractivity contribution in [2.45, 2.75) is 24.5 Å². The fourth-order valence-electron chi connectivity index (χ4n) is 1.23. The number of amides is 3. The summed E-state index contributed by atoms with van der Waals surface area (Å²) in [7, 11) is 0. The summed E-state index contributed by atoms with van der Waals surface area (Å²) in [5.74, 6) is -4.07. The Morgan fingerprint density at radius 3 is 2.00 bits per heavy atom. The van der Waals surface area contributed by atoms with Gasteiger partial charge in [0.25, 0.3) is 0 Å². The van der Waals surface area contributed by atoms with Gasteiger partial charge < -0.3 is 32.3 Å². The zero-order chi connectivity index (χ0) is 16.6. The van der Waals surface area contributed by atoms with Gasteiger partial charge in [-0.25, -0.2) is 4.79 Å². The van der Waals surface area contributed by atoms with Crippen LogP contribution in [0.5, 0.6) is 0 Å². The van der Waals surface area contributed by atoms with E-state index in [1.165, 1.54) is 0 Å². The highest BCUT2D eigenvalue weighted by Crippen LogP contribution is 1.96. The number of carbonyl (C=O) groups is 4. The van der Waals surface area contributed by atoms with Crippen LogP contribution in [0.2, 0.25) is 0 Å². The number of nitrogens with two attached hydrogens (primary N) is 2. The molecular formula is C10H18N4O6S. The van der Waals surface area contributed by atoms with E-state index < -0.39 is 54.8 Å². The summed E-state index contributed by atoms with van der Waals surface area (Å²) >= 11 is 3.81. The summed E-state index contributed by atoms with van der Waals surface area (Å²) in [4.78, 5) is 45.0. The van der Waals surface area contributed by atoms with Crippen LogP contribution in [0.4, 0.5) is 0 Å². The summed E-state index contributed by atoms with van der Waals surface area (Å²) in [5.41, 5.74) is 10.4. The van der Waals surface area contributed by atoms with Crippen LogP contribution < -0.4 is 22.1 Å². The normalized spacial score (nSPS) is 14.6. The summed E-state index contributed by atoms with van der Waals surface area (Å²) < 4.78 is 0. The predicted molar refractivity (Wildman–Crippen MR) is 74.2 cm³/mol. The zero-order valence-corrected chi connectivity index (χ0v) is 11.9. The summed E-state index contributed by atoms with van der Waals surface area (Å²) in [6.45, 7) is -0.853. The lowest BCUT2D eigenvalue weighted by Crippen LogP contribution is -2.56. The number of thiol groups is 1. The minimum absolute atomic E-state index is 0.00509. The lowest BCUT2D eigenvalue weighted by molar-refractivity contribution is -0.143. The minimum Gasteiger partial charge on any atom is -0.480 e. The third kappa shape index (κ3) is 6.92. The van der Waals surface area contributed by atoms with Crippen molar-refractivity contribution >= 4 is 36.3 Å². The molecule has 0 rings (SSSR count). The average molecular weight is 322 g/mol. The average Bonchev–Trinajstić information content (AvgIpc) is 2.41. The van der Waals surface area contributed by atoms with E-state index in [0.29, 0.717) is 0 Å². The second-order valence-corrected chi connectivity index (χ2v) is 4.47. The summed E-state index contributed by atoms with van der Waals surface area (Å²) in [6, 6.07) is -3.97.